The molecule has 17 heteroatoms. The molecule has 3 N–H and O–H groups in total. The van der Waals surface area contributed by atoms with E-state index in [1.807, 2.05) is 0 Å². The Kier molecular flexibility index (Phi) is 23.3. The maximum Gasteiger partial charge on any atom is 0.309 e. The van der Waals surface area contributed by atoms with Gasteiger partial charge in [-0.25, -0.2) is 8.42 Å². The standard InChI is InChI=1S/C37H54O16S/c1-26(38)22-30(18-19-34(43)44)53-37(47)25-29(13-10-11-17-33(41)42)52-36(46)24-28(12-6-3-4-9-16-32(39)40)51-35(45)23-27(50-2)20-21-54(48,49)31-14-7-5-8-15-31/h5,7-8,14-15,27-30H,3-4,6,9-13,16-25H2,1-2H3,(H,39,40)(H,41,42)(H,43,44). The molecule has 4 atom stereocenters. The molecule has 0 spiro atoms. The van der Waals surface area contributed by atoms with Crippen molar-refractivity contribution in [2.24, 2.45) is 0 Å². The lowest BCUT2D eigenvalue weighted by Gasteiger charge is -2.23. The zero-order chi connectivity index (χ0) is 40.5. The molecule has 1 aromatic carbocycles. The fourth-order valence-corrected chi connectivity index (χ4v) is 6.84. The SMILES string of the molecule is COC(CCS(=O)(=O)c1ccccc1)CC(=O)OC(CCCCCCC(=O)O)CC(=O)OC(CCCCC(=O)O)CC(=O)OC(CCC(=O)O)CC(C)=O. The number of carboxylic acids is 3. The Morgan fingerprint density at radius 2 is 0.981 bits per heavy atom. The van der Waals surface area contributed by atoms with Gasteiger partial charge in [0.2, 0.25) is 0 Å². The summed E-state index contributed by atoms with van der Waals surface area (Å²) in [5.41, 5.74) is 0. The minimum absolute atomic E-state index is 0.00547. The summed E-state index contributed by atoms with van der Waals surface area (Å²) in [5.74, 6) is -6.17. The number of rotatable bonds is 31. The first-order chi connectivity index (χ1) is 25.5. The van der Waals surface area contributed by atoms with E-state index in [0.717, 1.165) is 0 Å². The molecule has 0 aliphatic carbocycles. The molecular formula is C37H54O16S. The predicted molar refractivity (Wildman–Crippen MR) is 191 cm³/mol. The maximum atomic E-state index is 13.2. The highest BCUT2D eigenvalue weighted by Gasteiger charge is 2.27. The lowest BCUT2D eigenvalue weighted by molar-refractivity contribution is -0.163. The van der Waals surface area contributed by atoms with Crippen LogP contribution in [-0.4, -0.2) is 103 Å². The summed E-state index contributed by atoms with van der Waals surface area (Å²) in [7, 11) is -2.32. The van der Waals surface area contributed by atoms with Crippen LogP contribution >= 0.6 is 0 Å². The van der Waals surface area contributed by atoms with Crippen LogP contribution in [0.4, 0.5) is 0 Å². The van der Waals surface area contributed by atoms with Crippen LogP contribution in [0, 0.1) is 0 Å². The van der Waals surface area contributed by atoms with E-state index in [-0.39, 0.29) is 87.1 Å². The van der Waals surface area contributed by atoms with Crippen LogP contribution in [0.3, 0.4) is 0 Å². The van der Waals surface area contributed by atoms with Crippen molar-refractivity contribution in [2.75, 3.05) is 12.9 Å². The van der Waals surface area contributed by atoms with Crippen molar-refractivity contribution in [1.29, 1.82) is 0 Å². The van der Waals surface area contributed by atoms with Crippen molar-refractivity contribution in [3.8, 4) is 0 Å². The van der Waals surface area contributed by atoms with Crippen LogP contribution in [-0.2, 0) is 62.3 Å². The third kappa shape index (κ3) is 23.3. The lowest BCUT2D eigenvalue weighted by atomic mass is 10.0. The molecule has 0 heterocycles. The van der Waals surface area contributed by atoms with E-state index in [4.69, 9.17) is 34.3 Å². The molecule has 1 aromatic rings. The summed E-state index contributed by atoms with van der Waals surface area (Å²) >= 11 is 0. The van der Waals surface area contributed by atoms with Crippen LogP contribution < -0.4 is 0 Å². The molecule has 0 saturated heterocycles. The third-order valence-electron chi connectivity index (χ3n) is 8.25. The highest BCUT2D eigenvalue weighted by Crippen LogP contribution is 2.20. The number of carbonyl (C=O) groups excluding carboxylic acids is 4. The van der Waals surface area contributed by atoms with E-state index in [9.17, 15) is 42.0 Å². The molecule has 4 unspecified atom stereocenters. The molecule has 0 radical (unpaired) electrons. The first-order valence-corrected chi connectivity index (χ1v) is 19.7. The summed E-state index contributed by atoms with van der Waals surface area (Å²) in [6.45, 7) is 1.26. The van der Waals surface area contributed by atoms with Crippen LogP contribution in [0.25, 0.3) is 0 Å². The van der Waals surface area contributed by atoms with Gasteiger partial charge in [-0.05, 0) is 70.4 Å². The van der Waals surface area contributed by atoms with E-state index >= 15 is 0 Å². The second-order valence-electron chi connectivity index (χ2n) is 13.1. The van der Waals surface area contributed by atoms with Crippen molar-refractivity contribution < 1.29 is 76.2 Å². The molecule has 1 rings (SSSR count). The maximum absolute atomic E-state index is 13.2. The van der Waals surface area contributed by atoms with E-state index in [1.54, 1.807) is 18.2 Å². The lowest BCUT2D eigenvalue weighted by Crippen LogP contribution is -2.30. The largest absolute Gasteiger partial charge is 0.481 e. The Labute approximate surface area is 315 Å². The summed E-state index contributed by atoms with van der Waals surface area (Å²) in [5, 5.41) is 26.9. The first kappa shape index (κ1) is 47.6. The fourth-order valence-electron chi connectivity index (χ4n) is 5.46. The van der Waals surface area contributed by atoms with Gasteiger partial charge < -0.3 is 34.3 Å². The van der Waals surface area contributed by atoms with Crippen molar-refractivity contribution in [1.82, 2.24) is 0 Å². The quantitative estimate of drug-likeness (QED) is 0.0525. The molecule has 0 aliphatic heterocycles. The average molecular weight is 787 g/mol. The minimum atomic E-state index is -3.65. The Balaban J connectivity index is 3.00. The van der Waals surface area contributed by atoms with E-state index in [2.05, 4.69) is 0 Å². The Morgan fingerprint density at radius 1 is 0.556 bits per heavy atom. The number of carbonyl (C=O) groups is 7. The number of unbranched alkanes of at least 4 members (excludes halogenated alkanes) is 4. The number of Topliss-reactive ketones (excluding diaryl/α,β-unsaturated/α-hetero) is 1. The molecular weight excluding hydrogens is 732 g/mol. The summed E-state index contributed by atoms with van der Waals surface area (Å²) in [4.78, 5) is 83.8. The van der Waals surface area contributed by atoms with Crippen LogP contribution in [0.1, 0.15) is 116 Å². The number of methoxy groups -OCH3 is 1. The van der Waals surface area contributed by atoms with Gasteiger partial charge in [-0.15, -0.1) is 0 Å². The molecule has 16 nitrogen and oxygen atoms in total. The molecule has 0 aliphatic rings. The van der Waals surface area contributed by atoms with Gasteiger partial charge in [0.1, 0.15) is 24.1 Å². The van der Waals surface area contributed by atoms with Gasteiger partial charge in [-0.2, -0.15) is 0 Å². The normalized spacial score (nSPS) is 13.5. The fraction of sp³-hybridized carbons (Fsp3) is 0.649. The van der Waals surface area contributed by atoms with Gasteiger partial charge in [-0.1, -0.05) is 31.0 Å². The zero-order valence-electron chi connectivity index (χ0n) is 31.0. The smallest absolute Gasteiger partial charge is 0.309 e. The number of ether oxygens (including phenoxy) is 4. The first-order valence-electron chi connectivity index (χ1n) is 18.0. The topological polar surface area (TPSA) is 251 Å². The van der Waals surface area contributed by atoms with Gasteiger partial charge in [-0.3, -0.25) is 33.6 Å². The zero-order valence-corrected chi connectivity index (χ0v) is 31.8. The van der Waals surface area contributed by atoms with Crippen LogP contribution in [0.2, 0.25) is 0 Å². The minimum Gasteiger partial charge on any atom is -0.481 e. The van der Waals surface area contributed by atoms with Crippen LogP contribution in [0.15, 0.2) is 35.2 Å². The van der Waals surface area contributed by atoms with Gasteiger partial charge in [0.05, 0.1) is 36.0 Å². The Morgan fingerprint density at radius 3 is 1.44 bits per heavy atom. The molecule has 0 bridgehead atoms. The van der Waals surface area contributed by atoms with Gasteiger partial charge in [0.15, 0.2) is 9.84 Å². The number of sulfone groups is 1. The Hall–Kier alpha value is -4.38. The monoisotopic (exact) mass is 786 g/mol. The number of hydrogen-bond acceptors (Lipinski definition) is 13. The van der Waals surface area contributed by atoms with Crippen molar-refractivity contribution in [2.45, 2.75) is 145 Å². The molecule has 0 fully saturated rings. The number of carboxylic acid groups (broad SMARTS) is 3. The highest BCUT2D eigenvalue weighted by atomic mass is 32.2. The Bertz CT molecular complexity index is 1460. The van der Waals surface area contributed by atoms with Gasteiger partial charge >= 0.3 is 35.8 Å². The summed E-state index contributed by atoms with van der Waals surface area (Å²) in [6.07, 6.45) is -3.12. The number of benzene rings is 1. The van der Waals surface area contributed by atoms with E-state index in [0.29, 0.717) is 25.7 Å². The second-order valence-corrected chi connectivity index (χ2v) is 15.2. The highest BCUT2D eigenvalue weighted by molar-refractivity contribution is 7.91. The molecule has 0 amide bonds. The van der Waals surface area contributed by atoms with Gasteiger partial charge in [0, 0.05) is 32.8 Å². The number of hydrogen-bond donors (Lipinski definition) is 3. The van der Waals surface area contributed by atoms with Gasteiger partial charge in [0.25, 0.3) is 0 Å². The number of aliphatic carboxylic acids is 3. The summed E-state index contributed by atoms with van der Waals surface area (Å²) in [6, 6.07) is 7.81. The summed E-state index contributed by atoms with van der Waals surface area (Å²) < 4.78 is 47.4. The molecule has 0 saturated carbocycles. The third-order valence-corrected chi connectivity index (χ3v) is 10.0. The number of esters is 3. The number of ketones is 1. The predicted octanol–water partition coefficient (Wildman–Crippen LogP) is 4.69. The van der Waals surface area contributed by atoms with Crippen molar-refractivity contribution in [3.63, 3.8) is 0 Å². The van der Waals surface area contributed by atoms with Crippen molar-refractivity contribution >= 4 is 51.4 Å². The van der Waals surface area contributed by atoms with Crippen molar-refractivity contribution in [3.05, 3.63) is 30.3 Å². The second kappa shape index (κ2) is 26.4. The molecule has 304 valence electrons. The average Bonchev–Trinajstić information content (AvgIpc) is 3.08. The van der Waals surface area contributed by atoms with E-state index in [1.165, 1.54) is 26.2 Å². The molecule has 54 heavy (non-hydrogen) atoms. The van der Waals surface area contributed by atoms with E-state index < -0.39 is 82.9 Å². The van der Waals surface area contributed by atoms with Crippen LogP contribution in [0.5, 0.6) is 0 Å². The molecule has 0 aromatic heterocycles.